The number of rotatable bonds is 2. The number of carbonyl (C=O) groups excluding carboxylic acids is 1. The summed E-state index contributed by atoms with van der Waals surface area (Å²) in [5.74, 6) is -0.359. The van der Waals surface area contributed by atoms with Gasteiger partial charge >= 0.3 is 0 Å². The van der Waals surface area contributed by atoms with Gasteiger partial charge in [-0.15, -0.1) is 0 Å². The molecule has 4 nitrogen and oxygen atoms in total. The van der Waals surface area contributed by atoms with Crippen molar-refractivity contribution in [2.45, 2.75) is 63.8 Å². The van der Waals surface area contributed by atoms with Crippen LogP contribution in [0.3, 0.4) is 0 Å². The van der Waals surface area contributed by atoms with E-state index in [4.69, 9.17) is 5.73 Å². The van der Waals surface area contributed by atoms with Crippen LogP contribution in [0.1, 0.15) is 72.7 Å². The Bertz CT molecular complexity index is 458. The molecule has 0 bridgehead atoms. The van der Waals surface area contributed by atoms with Crippen LogP contribution in [0.25, 0.3) is 0 Å². The summed E-state index contributed by atoms with van der Waals surface area (Å²) < 4.78 is 2.15. The number of amides is 1. The van der Waals surface area contributed by atoms with E-state index in [1.807, 2.05) is 0 Å². The van der Waals surface area contributed by atoms with Gasteiger partial charge < -0.3 is 5.73 Å². The quantitative estimate of drug-likeness (QED) is 0.872. The van der Waals surface area contributed by atoms with E-state index >= 15 is 0 Å². The first-order valence-corrected chi connectivity index (χ1v) is 7.17. The lowest BCUT2D eigenvalue weighted by molar-refractivity contribution is 0.0993. The highest BCUT2D eigenvalue weighted by molar-refractivity contribution is 5.92. The van der Waals surface area contributed by atoms with Crippen LogP contribution in [0, 0.1) is 0 Å². The van der Waals surface area contributed by atoms with E-state index in [1.54, 1.807) is 0 Å². The molecule has 1 heterocycles. The Morgan fingerprint density at radius 3 is 2.56 bits per heavy atom. The van der Waals surface area contributed by atoms with Gasteiger partial charge in [0.2, 0.25) is 0 Å². The summed E-state index contributed by atoms with van der Waals surface area (Å²) in [6, 6.07) is 0.499. The average Bonchev–Trinajstić information content (AvgIpc) is 2.79. The zero-order valence-electron chi connectivity index (χ0n) is 10.8. The highest BCUT2D eigenvalue weighted by Gasteiger charge is 2.27. The molecule has 0 aliphatic heterocycles. The molecule has 0 saturated heterocycles. The second-order valence-corrected chi connectivity index (χ2v) is 5.58. The topological polar surface area (TPSA) is 60.9 Å². The molecule has 98 valence electrons. The third kappa shape index (κ3) is 1.93. The molecule has 2 aliphatic rings. The number of aromatic nitrogens is 2. The molecule has 3 rings (SSSR count). The van der Waals surface area contributed by atoms with E-state index in [2.05, 4.69) is 9.78 Å². The lowest BCUT2D eigenvalue weighted by Crippen LogP contribution is -2.18. The normalized spacial score (nSPS) is 20.7. The van der Waals surface area contributed by atoms with Gasteiger partial charge in [0.25, 0.3) is 5.91 Å². The van der Waals surface area contributed by atoms with Crippen LogP contribution in [0.15, 0.2) is 0 Å². The molecule has 0 spiro atoms. The van der Waals surface area contributed by atoms with Gasteiger partial charge in [-0.1, -0.05) is 19.3 Å². The predicted octanol–water partition coefficient (Wildman–Crippen LogP) is 2.37. The molecule has 4 heteroatoms. The average molecular weight is 247 g/mol. The highest BCUT2D eigenvalue weighted by atomic mass is 16.1. The lowest BCUT2D eigenvalue weighted by Gasteiger charge is -2.25. The van der Waals surface area contributed by atoms with Crippen LogP contribution in [-0.4, -0.2) is 15.7 Å². The van der Waals surface area contributed by atoms with Crippen molar-refractivity contribution in [1.29, 1.82) is 0 Å². The summed E-state index contributed by atoms with van der Waals surface area (Å²) in [5.41, 5.74) is 8.43. The number of hydrogen-bond acceptors (Lipinski definition) is 2. The second-order valence-electron chi connectivity index (χ2n) is 5.58. The molecule has 2 aliphatic carbocycles. The smallest absolute Gasteiger partial charge is 0.269 e. The van der Waals surface area contributed by atoms with Crippen molar-refractivity contribution < 1.29 is 4.79 Å². The molecule has 1 amide bonds. The maximum Gasteiger partial charge on any atom is 0.269 e. The van der Waals surface area contributed by atoms with Gasteiger partial charge in [-0.3, -0.25) is 9.48 Å². The van der Waals surface area contributed by atoms with Crippen LogP contribution < -0.4 is 5.73 Å². The van der Waals surface area contributed by atoms with Crippen molar-refractivity contribution in [2.75, 3.05) is 0 Å². The Morgan fingerprint density at radius 2 is 1.83 bits per heavy atom. The zero-order chi connectivity index (χ0) is 12.5. The minimum absolute atomic E-state index is 0.359. The maximum absolute atomic E-state index is 11.5. The zero-order valence-corrected chi connectivity index (χ0v) is 10.8. The fourth-order valence-corrected chi connectivity index (χ4v) is 3.45. The Kier molecular flexibility index (Phi) is 3.10. The minimum Gasteiger partial charge on any atom is -0.364 e. The largest absolute Gasteiger partial charge is 0.364 e. The predicted molar refractivity (Wildman–Crippen MR) is 69.5 cm³/mol. The van der Waals surface area contributed by atoms with Gasteiger partial charge in [-0.25, -0.2) is 0 Å². The summed E-state index contributed by atoms with van der Waals surface area (Å²) >= 11 is 0. The van der Waals surface area contributed by atoms with Crippen molar-refractivity contribution >= 4 is 5.91 Å². The van der Waals surface area contributed by atoms with E-state index in [0.717, 1.165) is 24.8 Å². The first kappa shape index (κ1) is 11.8. The molecule has 1 aromatic rings. The van der Waals surface area contributed by atoms with Gasteiger partial charge in [0.05, 0.1) is 6.04 Å². The third-order valence-corrected chi connectivity index (χ3v) is 4.36. The van der Waals surface area contributed by atoms with Gasteiger partial charge in [-0.05, 0) is 38.5 Å². The summed E-state index contributed by atoms with van der Waals surface area (Å²) in [6.45, 7) is 0. The first-order valence-electron chi connectivity index (χ1n) is 7.17. The SMILES string of the molecule is NC(=O)c1nn(C2CCCCC2)c2c1CCCC2. The molecule has 0 unspecified atom stereocenters. The van der Waals surface area contributed by atoms with Gasteiger partial charge in [0.1, 0.15) is 0 Å². The molecule has 0 atom stereocenters. The summed E-state index contributed by atoms with van der Waals surface area (Å²) in [4.78, 5) is 11.5. The number of hydrogen-bond donors (Lipinski definition) is 1. The monoisotopic (exact) mass is 247 g/mol. The molecule has 1 fully saturated rings. The van der Waals surface area contributed by atoms with Crippen molar-refractivity contribution in [3.8, 4) is 0 Å². The standard InChI is InChI=1S/C14H21N3O/c15-14(18)13-11-8-4-5-9-12(11)17(16-13)10-6-2-1-3-7-10/h10H,1-9H2,(H2,15,18). The van der Waals surface area contributed by atoms with Crippen LogP contribution >= 0.6 is 0 Å². The Balaban J connectivity index is 2.00. The third-order valence-electron chi connectivity index (χ3n) is 4.36. The van der Waals surface area contributed by atoms with Crippen LogP contribution in [-0.2, 0) is 12.8 Å². The van der Waals surface area contributed by atoms with Gasteiger partial charge in [0.15, 0.2) is 5.69 Å². The van der Waals surface area contributed by atoms with E-state index in [1.165, 1.54) is 44.2 Å². The van der Waals surface area contributed by atoms with Crippen LogP contribution in [0.2, 0.25) is 0 Å². The lowest BCUT2D eigenvalue weighted by atomic mass is 9.92. The summed E-state index contributed by atoms with van der Waals surface area (Å²) in [7, 11) is 0. The van der Waals surface area contributed by atoms with Crippen molar-refractivity contribution in [2.24, 2.45) is 5.73 Å². The summed E-state index contributed by atoms with van der Waals surface area (Å²) in [5, 5.41) is 4.56. The van der Waals surface area contributed by atoms with E-state index < -0.39 is 0 Å². The molecular formula is C14H21N3O. The Hall–Kier alpha value is -1.32. The van der Waals surface area contributed by atoms with Crippen LogP contribution in [0.4, 0.5) is 0 Å². The number of fused-ring (bicyclic) bond motifs is 1. The maximum atomic E-state index is 11.5. The number of nitrogens with zero attached hydrogens (tertiary/aromatic N) is 2. The molecule has 0 radical (unpaired) electrons. The van der Waals surface area contributed by atoms with E-state index in [-0.39, 0.29) is 5.91 Å². The minimum atomic E-state index is -0.359. The van der Waals surface area contributed by atoms with E-state index in [9.17, 15) is 4.79 Å². The first-order chi connectivity index (χ1) is 8.77. The Morgan fingerprint density at radius 1 is 1.11 bits per heavy atom. The number of carbonyl (C=O) groups is 1. The molecule has 1 saturated carbocycles. The number of nitrogens with two attached hydrogens (primary N) is 1. The molecule has 1 aromatic heterocycles. The van der Waals surface area contributed by atoms with Crippen molar-refractivity contribution in [3.63, 3.8) is 0 Å². The molecule has 2 N–H and O–H groups in total. The Labute approximate surface area is 108 Å². The van der Waals surface area contributed by atoms with Gasteiger partial charge in [-0.2, -0.15) is 5.10 Å². The highest BCUT2D eigenvalue weighted by Crippen LogP contribution is 2.33. The summed E-state index contributed by atoms with van der Waals surface area (Å²) in [6.07, 6.45) is 10.7. The molecular weight excluding hydrogens is 226 g/mol. The fourth-order valence-electron chi connectivity index (χ4n) is 3.45. The van der Waals surface area contributed by atoms with Crippen LogP contribution in [0.5, 0.6) is 0 Å². The van der Waals surface area contributed by atoms with Crippen molar-refractivity contribution in [3.05, 3.63) is 17.0 Å². The van der Waals surface area contributed by atoms with Gasteiger partial charge in [0, 0.05) is 11.3 Å². The van der Waals surface area contributed by atoms with E-state index in [0.29, 0.717) is 11.7 Å². The number of primary amides is 1. The fraction of sp³-hybridized carbons (Fsp3) is 0.714. The molecule has 18 heavy (non-hydrogen) atoms. The van der Waals surface area contributed by atoms with Crippen molar-refractivity contribution in [1.82, 2.24) is 9.78 Å². The molecule has 0 aromatic carbocycles. The second kappa shape index (κ2) is 4.75.